The fraction of sp³-hybridized carbons (Fsp3) is 0.100. The number of hydrogen-bond donors (Lipinski definition) is 3. The number of hydrogen-bond acceptors (Lipinski definition) is 4. The number of aromatic amines is 1. The Hall–Kier alpha value is -1.32. The van der Waals surface area contributed by atoms with Gasteiger partial charge in [-0.3, -0.25) is 4.72 Å². The van der Waals surface area contributed by atoms with Gasteiger partial charge in [0, 0.05) is 5.69 Å². The number of carboxylic acid groups (broad SMARTS) is 1. The molecule has 0 radical (unpaired) electrons. The summed E-state index contributed by atoms with van der Waals surface area (Å²) >= 11 is 4.22. The molecule has 0 aliphatic rings. The number of aromatic carboxylic acids is 1. The molecular formula is C10H9BrN2O4S2. The molecule has 0 spiro atoms. The van der Waals surface area contributed by atoms with Crippen molar-refractivity contribution in [2.24, 2.45) is 0 Å². The van der Waals surface area contributed by atoms with Crippen molar-refractivity contribution in [2.75, 3.05) is 4.72 Å². The van der Waals surface area contributed by atoms with E-state index in [-0.39, 0.29) is 15.6 Å². The van der Waals surface area contributed by atoms with Gasteiger partial charge in [0.2, 0.25) is 0 Å². The predicted molar refractivity (Wildman–Crippen MR) is 75.3 cm³/mol. The molecule has 0 bridgehead atoms. The third kappa shape index (κ3) is 2.99. The fourth-order valence-electron chi connectivity index (χ4n) is 1.48. The summed E-state index contributed by atoms with van der Waals surface area (Å²) in [7, 11) is -3.78. The Bertz CT molecular complexity index is 733. The molecule has 0 aromatic carbocycles. The predicted octanol–water partition coefficient (Wildman–Crippen LogP) is 2.65. The molecule has 0 amide bonds. The van der Waals surface area contributed by atoms with E-state index in [0.29, 0.717) is 9.48 Å². The van der Waals surface area contributed by atoms with Crippen LogP contribution in [0.5, 0.6) is 0 Å². The summed E-state index contributed by atoms with van der Waals surface area (Å²) < 4.78 is 27.2. The third-order valence-electron chi connectivity index (χ3n) is 2.22. The minimum absolute atomic E-state index is 0.0227. The number of aromatic nitrogens is 1. The van der Waals surface area contributed by atoms with Crippen LogP contribution in [-0.2, 0) is 10.0 Å². The second-order valence-corrected chi connectivity index (χ2v) is 8.08. The zero-order valence-corrected chi connectivity index (χ0v) is 12.8. The van der Waals surface area contributed by atoms with E-state index in [1.54, 1.807) is 13.0 Å². The third-order valence-corrected chi connectivity index (χ3v) is 5.70. The summed E-state index contributed by atoms with van der Waals surface area (Å²) in [5, 5.41) is 8.98. The van der Waals surface area contributed by atoms with Gasteiger partial charge in [0.25, 0.3) is 10.0 Å². The van der Waals surface area contributed by atoms with Gasteiger partial charge < -0.3 is 10.1 Å². The first-order chi connectivity index (χ1) is 8.79. The number of rotatable bonds is 4. The van der Waals surface area contributed by atoms with E-state index in [4.69, 9.17) is 5.11 Å². The number of halogens is 1. The minimum Gasteiger partial charge on any atom is -0.477 e. The second kappa shape index (κ2) is 4.99. The lowest BCUT2D eigenvalue weighted by Gasteiger charge is -2.04. The highest BCUT2D eigenvalue weighted by atomic mass is 79.9. The van der Waals surface area contributed by atoms with Crippen molar-refractivity contribution in [2.45, 2.75) is 11.1 Å². The van der Waals surface area contributed by atoms with Crippen LogP contribution < -0.4 is 4.72 Å². The number of carboxylic acids is 1. The minimum atomic E-state index is -3.78. The maximum atomic E-state index is 12.1. The average molecular weight is 365 g/mol. The van der Waals surface area contributed by atoms with Gasteiger partial charge in [0.05, 0.1) is 9.47 Å². The van der Waals surface area contributed by atoms with Gasteiger partial charge >= 0.3 is 5.97 Å². The molecule has 0 unspecified atom stereocenters. The smallest absolute Gasteiger partial charge is 0.354 e. The molecule has 102 valence electrons. The molecule has 2 aromatic rings. The Kier molecular flexibility index (Phi) is 3.70. The first-order valence-electron chi connectivity index (χ1n) is 5.00. The number of nitrogens with one attached hydrogen (secondary N) is 2. The quantitative estimate of drug-likeness (QED) is 0.776. The maximum absolute atomic E-state index is 12.1. The van der Waals surface area contributed by atoms with E-state index in [2.05, 4.69) is 25.6 Å². The Morgan fingerprint density at radius 1 is 1.47 bits per heavy atom. The van der Waals surface area contributed by atoms with Crippen LogP contribution in [0.4, 0.5) is 5.69 Å². The molecule has 3 N–H and O–H groups in total. The highest BCUT2D eigenvalue weighted by Gasteiger charge is 2.21. The average Bonchev–Trinajstić information content (AvgIpc) is 2.85. The van der Waals surface area contributed by atoms with Gasteiger partial charge in [0.1, 0.15) is 9.90 Å². The molecule has 19 heavy (non-hydrogen) atoms. The van der Waals surface area contributed by atoms with E-state index in [1.165, 1.54) is 12.1 Å². The molecule has 0 fully saturated rings. The molecular weight excluding hydrogens is 356 g/mol. The molecule has 6 nitrogen and oxygen atoms in total. The van der Waals surface area contributed by atoms with Crippen molar-refractivity contribution >= 4 is 48.9 Å². The molecule has 9 heteroatoms. The Morgan fingerprint density at radius 2 is 2.16 bits per heavy atom. The van der Waals surface area contributed by atoms with Gasteiger partial charge in [-0.2, -0.15) is 0 Å². The molecule has 2 aromatic heterocycles. The highest BCUT2D eigenvalue weighted by molar-refractivity contribution is 9.11. The topological polar surface area (TPSA) is 99.3 Å². The SMILES string of the molecule is Cc1cc(NS(=O)(=O)c2ccc(Br)s2)c(C(=O)O)[nH]1. The van der Waals surface area contributed by atoms with E-state index < -0.39 is 16.0 Å². The Balaban J connectivity index is 2.38. The van der Waals surface area contributed by atoms with Crippen LogP contribution in [0.3, 0.4) is 0 Å². The molecule has 0 aliphatic heterocycles. The van der Waals surface area contributed by atoms with Crippen LogP contribution in [0.15, 0.2) is 26.2 Å². The van der Waals surface area contributed by atoms with Gasteiger partial charge in [-0.25, -0.2) is 13.2 Å². The van der Waals surface area contributed by atoms with Gasteiger partial charge in [-0.15, -0.1) is 11.3 Å². The van der Waals surface area contributed by atoms with Crippen molar-refractivity contribution in [1.29, 1.82) is 0 Å². The summed E-state index contributed by atoms with van der Waals surface area (Å²) in [4.78, 5) is 13.6. The van der Waals surface area contributed by atoms with E-state index >= 15 is 0 Å². The van der Waals surface area contributed by atoms with Gasteiger partial charge in [0.15, 0.2) is 0 Å². The summed E-state index contributed by atoms with van der Waals surface area (Å²) in [5.74, 6) is -1.22. The number of anilines is 1. The summed E-state index contributed by atoms with van der Waals surface area (Å²) in [6.07, 6.45) is 0. The van der Waals surface area contributed by atoms with Gasteiger partial charge in [-0.05, 0) is 41.1 Å². The van der Waals surface area contributed by atoms with Crippen LogP contribution >= 0.6 is 27.3 Å². The number of sulfonamides is 1. The first-order valence-corrected chi connectivity index (χ1v) is 8.10. The summed E-state index contributed by atoms with van der Waals surface area (Å²) in [6.45, 7) is 1.64. The Labute approximate surface area is 121 Å². The fourth-order valence-corrected chi connectivity index (χ4v) is 4.55. The van der Waals surface area contributed by atoms with Crippen molar-refractivity contribution in [1.82, 2.24) is 4.98 Å². The summed E-state index contributed by atoms with van der Waals surface area (Å²) in [6, 6.07) is 4.49. The van der Waals surface area contributed by atoms with Crippen molar-refractivity contribution < 1.29 is 18.3 Å². The largest absolute Gasteiger partial charge is 0.477 e. The number of thiophene rings is 1. The lowest BCUT2D eigenvalue weighted by Crippen LogP contribution is -2.13. The molecule has 0 atom stereocenters. The molecule has 2 heterocycles. The van der Waals surface area contributed by atoms with Gasteiger partial charge in [-0.1, -0.05) is 0 Å². The number of H-pyrrole nitrogens is 1. The first kappa shape index (κ1) is 14.1. The zero-order chi connectivity index (χ0) is 14.2. The zero-order valence-electron chi connectivity index (χ0n) is 9.60. The maximum Gasteiger partial charge on any atom is 0.354 e. The van der Waals surface area contributed by atoms with Crippen LogP contribution in [0.1, 0.15) is 16.2 Å². The van der Waals surface area contributed by atoms with Crippen molar-refractivity contribution in [3.8, 4) is 0 Å². The lowest BCUT2D eigenvalue weighted by molar-refractivity contribution is 0.0692. The van der Waals surface area contributed by atoms with Crippen LogP contribution in [0.2, 0.25) is 0 Å². The van der Waals surface area contributed by atoms with E-state index in [1.807, 2.05) is 0 Å². The van der Waals surface area contributed by atoms with E-state index in [0.717, 1.165) is 11.3 Å². The standard InChI is InChI=1S/C10H9BrN2O4S2/c1-5-4-6(9(12-5)10(14)15)13-19(16,17)8-3-2-7(11)18-8/h2-4,12-13H,1H3,(H,14,15). The Morgan fingerprint density at radius 3 is 2.68 bits per heavy atom. The lowest BCUT2D eigenvalue weighted by atomic mass is 10.4. The number of aryl methyl sites for hydroxylation is 1. The molecule has 2 rings (SSSR count). The molecule has 0 saturated carbocycles. The molecule has 0 saturated heterocycles. The van der Waals surface area contributed by atoms with Crippen LogP contribution in [-0.4, -0.2) is 24.5 Å². The van der Waals surface area contributed by atoms with Crippen molar-refractivity contribution in [3.05, 3.63) is 33.4 Å². The van der Waals surface area contributed by atoms with E-state index in [9.17, 15) is 13.2 Å². The monoisotopic (exact) mass is 364 g/mol. The second-order valence-electron chi connectivity index (χ2n) is 3.71. The van der Waals surface area contributed by atoms with Crippen LogP contribution in [0, 0.1) is 6.92 Å². The molecule has 0 aliphatic carbocycles. The van der Waals surface area contributed by atoms with Crippen LogP contribution in [0.25, 0.3) is 0 Å². The highest BCUT2D eigenvalue weighted by Crippen LogP contribution is 2.28. The number of carbonyl (C=O) groups is 1. The van der Waals surface area contributed by atoms with Crippen molar-refractivity contribution in [3.63, 3.8) is 0 Å². The summed E-state index contributed by atoms with van der Waals surface area (Å²) in [5.41, 5.74) is 0.397. The normalized spacial score (nSPS) is 11.5.